The predicted molar refractivity (Wildman–Crippen MR) is 96.4 cm³/mol. The summed E-state index contributed by atoms with van der Waals surface area (Å²) in [5.41, 5.74) is 3.05. The summed E-state index contributed by atoms with van der Waals surface area (Å²) in [5, 5.41) is 2.89. The molecular formula is C20H19N3O2. The van der Waals surface area contributed by atoms with E-state index < -0.39 is 0 Å². The van der Waals surface area contributed by atoms with Crippen molar-refractivity contribution in [2.75, 3.05) is 7.11 Å². The lowest BCUT2D eigenvalue weighted by Gasteiger charge is -2.09. The van der Waals surface area contributed by atoms with Gasteiger partial charge in [-0.25, -0.2) is 9.97 Å². The third-order valence-electron chi connectivity index (χ3n) is 3.87. The van der Waals surface area contributed by atoms with Crippen LogP contribution in [0.4, 0.5) is 0 Å². The number of amides is 1. The molecule has 0 fully saturated rings. The largest absolute Gasteiger partial charge is 0.497 e. The number of aromatic nitrogens is 2. The second-order valence-electron chi connectivity index (χ2n) is 5.59. The van der Waals surface area contributed by atoms with Crippen LogP contribution in [-0.4, -0.2) is 23.0 Å². The number of carbonyl (C=O) groups excluding carboxylic acids is 1. The van der Waals surface area contributed by atoms with Crippen LogP contribution in [0.2, 0.25) is 0 Å². The van der Waals surface area contributed by atoms with Crippen molar-refractivity contribution in [3.63, 3.8) is 0 Å². The summed E-state index contributed by atoms with van der Waals surface area (Å²) in [6.45, 7) is 2.25. The van der Waals surface area contributed by atoms with Crippen molar-refractivity contribution in [1.29, 1.82) is 0 Å². The maximum Gasteiger partial charge on any atom is 0.254 e. The Bertz CT molecular complexity index is 862. The molecule has 1 heterocycles. The molecule has 0 bridgehead atoms. The quantitative estimate of drug-likeness (QED) is 0.777. The highest BCUT2D eigenvalue weighted by molar-refractivity contribution is 5.95. The van der Waals surface area contributed by atoms with Gasteiger partial charge in [0.15, 0.2) is 5.82 Å². The molecule has 5 nitrogen and oxygen atoms in total. The summed E-state index contributed by atoms with van der Waals surface area (Å²) < 4.78 is 5.12. The van der Waals surface area contributed by atoms with Crippen LogP contribution in [0, 0.1) is 6.92 Å². The molecule has 25 heavy (non-hydrogen) atoms. The zero-order valence-electron chi connectivity index (χ0n) is 14.2. The van der Waals surface area contributed by atoms with Gasteiger partial charge < -0.3 is 10.1 Å². The number of methoxy groups -OCH3 is 1. The lowest BCUT2D eigenvalue weighted by Crippen LogP contribution is -2.24. The average Bonchev–Trinajstić information content (AvgIpc) is 2.67. The van der Waals surface area contributed by atoms with Gasteiger partial charge >= 0.3 is 0 Å². The molecule has 0 unspecified atom stereocenters. The van der Waals surface area contributed by atoms with Crippen molar-refractivity contribution in [2.24, 2.45) is 0 Å². The summed E-state index contributed by atoms with van der Waals surface area (Å²) >= 11 is 0. The minimum absolute atomic E-state index is 0.187. The lowest BCUT2D eigenvalue weighted by atomic mass is 10.1. The van der Waals surface area contributed by atoms with Gasteiger partial charge in [0.25, 0.3) is 5.91 Å². The molecular weight excluding hydrogens is 314 g/mol. The number of nitrogens with zero attached hydrogens (tertiary/aromatic N) is 2. The standard InChI is InChI=1S/C20H19N3O2/c1-14-18(13-21-19(23-14)16-6-4-3-5-7-16)20(24)22-12-15-8-10-17(25-2)11-9-15/h3-11,13H,12H2,1-2H3,(H,22,24). The molecule has 126 valence electrons. The van der Waals surface area contributed by atoms with Gasteiger partial charge in [0.2, 0.25) is 0 Å². The summed E-state index contributed by atoms with van der Waals surface area (Å²) in [7, 11) is 1.62. The highest BCUT2D eigenvalue weighted by Crippen LogP contribution is 2.16. The molecule has 2 aromatic carbocycles. The van der Waals surface area contributed by atoms with E-state index in [1.807, 2.05) is 61.5 Å². The molecule has 1 N–H and O–H groups in total. The number of carbonyl (C=O) groups is 1. The topological polar surface area (TPSA) is 64.1 Å². The Morgan fingerprint density at radius 1 is 1.08 bits per heavy atom. The third-order valence-corrected chi connectivity index (χ3v) is 3.87. The van der Waals surface area contributed by atoms with Crippen molar-refractivity contribution in [3.05, 3.63) is 77.6 Å². The summed E-state index contributed by atoms with van der Waals surface area (Å²) in [5.74, 6) is 1.22. The van der Waals surface area contributed by atoms with E-state index in [-0.39, 0.29) is 5.91 Å². The predicted octanol–water partition coefficient (Wildman–Crippen LogP) is 3.39. The maximum absolute atomic E-state index is 12.4. The molecule has 1 aromatic heterocycles. The summed E-state index contributed by atoms with van der Waals surface area (Å²) in [4.78, 5) is 21.2. The van der Waals surface area contributed by atoms with E-state index in [1.54, 1.807) is 13.3 Å². The minimum Gasteiger partial charge on any atom is -0.497 e. The van der Waals surface area contributed by atoms with Crippen LogP contribution in [0.15, 0.2) is 60.8 Å². The SMILES string of the molecule is COc1ccc(CNC(=O)c2cnc(-c3ccccc3)nc2C)cc1. The van der Waals surface area contributed by atoms with Crippen LogP contribution < -0.4 is 10.1 Å². The summed E-state index contributed by atoms with van der Waals surface area (Å²) in [6, 6.07) is 17.3. The summed E-state index contributed by atoms with van der Waals surface area (Å²) in [6.07, 6.45) is 1.58. The zero-order valence-corrected chi connectivity index (χ0v) is 14.2. The molecule has 1 amide bonds. The fourth-order valence-electron chi connectivity index (χ4n) is 2.44. The van der Waals surface area contributed by atoms with Gasteiger partial charge in [-0.1, -0.05) is 42.5 Å². The van der Waals surface area contributed by atoms with Crippen molar-refractivity contribution >= 4 is 5.91 Å². The number of hydrogen-bond donors (Lipinski definition) is 1. The first kappa shape index (κ1) is 16.6. The van der Waals surface area contributed by atoms with Crippen molar-refractivity contribution in [1.82, 2.24) is 15.3 Å². The molecule has 0 atom stereocenters. The van der Waals surface area contributed by atoms with E-state index in [0.717, 1.165) is 16.9 Å². The fraction of sp³-hybridized carbons (Fsp3) is 0.150. The molecule has 0 aliphatic heterocycles. The molecule has 0 saturated carbocycles. The maximum atomic E-state index is 12.4. The molecule has 0 aliphatic rings. The van der Waals surface area contributed by atoms with E-state index in [9.17, 15) is 4.79 Å². The zero-order chi connectivity index (χ0) is 17.6. The Morgan fingerprint density at radius 3 is 2.44 bits per heavy atom. The Labute approximate surface area is 146 Å². The van der Waals surface area contributed by atoms with Crippen molar-refractivity contribution in [2.45, 2.75) is 13.5 Å². The van der Waals surface area contributed by atoms with Crippen LogP contribution >= 0.6 is 0 Å². The molecule has 0 spiro atoms. The third kappa shape index (κ3) is 4.01. The van der Waals surface area contributed by atoms with Gasteiger partial charge in [-0.2, -0.15) is 0 Å². The van der Waals surface area contributed by atoms with Crippen molar-refractivity contribution < 1.29 is 9.53 Å². The van der Waals surface area contributed by atoms with Crippen LogP contribution in [-0.2, 0) is 6.54 Å². The van der Waals surface area contributed by atoms with Crippen LogP contribution in [0.3, 0.4) is 0 Å². The van der Waals surface area contributed by atoms with E-state index in [1.165, 1.54) is 0 Å². The lowest BCUT2D eigenvalue weighted by molar-refractivity contribution is 0.0949. The normalized spacial score (nSPS) is 10.3. The Morgan fingerprint density at radius 2 is 1.80 bits per heavy atom. The van der Waals surface area contributed by atoms with Gasteiger partial charge in [-0.05, 0) is 24.6 Å². The first-order valence-electron chi connectivity index (χ1n) is 7.97. The fourth-order valence-corrected chi connectivity index (χ4v) is 2.44. The van der Waals surface area contributed by atoms with E-state index >= 15 is 0 Å². The van der Waals surface area contributed by atoms with Crippen LogP contribution in [0.25, 0.3) is 11.4 Å². The van der Waals surface area contributed by atoms with E-state index in [0.29, 0.717) is 23.6 Å². The van der Waals surface area contributed by atoms with Gasteiger partial charge in [-0.15, -0.1) is 0 Å². The number of hydrogen-bond acceptors (Lipinski definition) is 4. The van der Waals surface area contributed by atoms with Crippen molar-refractivity contribution in [3.8, 4) is 17.1 Å². The number of ether oxygens (including phenoxy) is 1. The average molecular weight is 333 g/mol. The number of nitrogens with one attached hydrogen (secondary N) is 1. The molecule has 3 rings (SSSR count). The van der Waals surface area contributed by atoms with Crippen LogP contribution in [0.1, 0.15) is 21.6 Å². The Balaban J connectivity index is 1.69. The van der Waals surface area contributed by atoms with Gasteiger partial charge in [0.05, 0.1) is 18.4 Å². The molecule has 3 aromatic rings. The first-order chi connectivity index (χ1) is 12.2. The minimum atomic E-state index is -0.187. The highest BCUT2D eigenvalue weighted by atomic mass is 16.5. The number of benzene rings is 2. The van der Waals surface area contributed by atoms with Gasteiger partial charge in [0.1, 0.15) is 5.75 Å². The molecule has 0 aliphatic carbocycles. The second kappa shape index (κ2) is 7.57. The van der Waals surface area contributed by atoms with Gasteiger partial charge in [0, 0.05) is 18.3 Å². The number of aryl methyl sites for hydroxylation is 1. The Hall–Kier alpha value is -3.21. The Kier molecular flexibility index (Phi) is 5.04. The smallest absolute Gasteiger partial charge is 0.254 e. The van der Waals surface area contributed by atoms with E-state index in [4.69, 9.17) is 4.74 Å². The molecule has 5 heteroatoms. The van der Waals surface area contributed by atoms with Crippen LogP contribution in [0.5, 0.6) is 5.75 Å². The second-order valence-corrected chi connectivity index (χ2v) is 5.59. The number of rotatable bonds is 5. The molecule has 0 radical (unpaired) electrons. The van der Waals surface area contributed by atoms with Gasteiger partial charge in [-0.3, -0.25) is 4.79 Å². The monoisotopic (exact) mass is 333 g/mol. The highest BCUT2D eigenvalue weighted by Gasteiger charge is 2.12. The van der Waals surface area contributed by atoms with E-state index in [2.05, 4.69) is 15.3 Å². The molecule has 0 saturated heterocycles. The first-order valence-corrected chi connectivity index (χ1v) is 7.97.